The third-order valence-electron chi connectivity index (χ3n) is 3.12. The van der Waals surface area contributed by atoms with Gasteiger partial charge in [0.1, 0.15) is 0 Å². The average Bonchev–Trinajstić information content (AvgIpc) is 2.30. The number of unbranched alkanes of at least 4 members (excludes halogenated alkanes) is 1. The van der Waals surface area contributed by atoms with E-state index in [1.165, 1.54) is 6.42 Å². The van der Waals surface area contributed by atoms with Crippen LogP contribution < -0.4 is 5.73 Å². The highest BCUT2D eigenvalue weighted by Crippen LogP contribution is 2.17. The largest absolute Gasteiger partial charge is 0.384 e. The molecule has 4 heteroatoms. The first-order valence-electron chi connectivity index (χ1n) is 6.24. The molecule has 0 spiro atoms. The van der Waals surface area contributed by atoms with Crippen molar-refractivity contribution in [2.45, 2.75) is 32.1 Å². The van der Waals surface area contributed by atoms with E-state index in [4.69, 9.17) is 10.5 Å². The lowest BCUT2D eigenvalue weighted by Crippen LogP contribution is -2.41. The maximum Gasteiger partial charge on any atom is 0.222 e. The molecule has 0 bridgehead atoms. The highest BCUT2D eigenvalue weighted by atomic mass is 16.5. The number of likely N-dealkylation sites (tertiary alicyclic amines) is 1. The number of nitrogens with zero attached hydrogens (tertiary/aromatic N) is 1. The van der Waals surface area contributed by atoms with Gasteiger partial charge in [0.25, 0.3) is 0 Å². The van der Waals surface area contributed by atoms with Crippen molar-refractivity contribution in [3.05, 3.63) is 0 Å². The molecule has 0 aliphatic carbocycles. The summed E-state index contributed by atoms with van der Waals surface area (Å²) in [5, 5.41) is 0. The Balaban J connectivity index is 2.26. The van der Waals surface area contributed by atoms with E-state index < -0.39 is 0 Å². The highest BCUT2D eigenvalue weighted by molar-refractivity contribution is 5.76. The molecule has 4 nitrogen and oxygen atoms in total. The maximum absolute atomic E-state index is 11.9. The Bertz CT molecular complexity index is 207. The Labute approximate surface area is 98.1 Å². The Morgan fingerprint density at radius 3 is 3.00 bits per heavy atom. The average molecular weight is 228 g/mol. The molecule has 0 saturated carbocycles. The van der Waals surface area contributed by atoms with E-state index in [0.717, 1.165) is 39.0 Å². The predicted molar refractivity (Wildman–Crippen MR) is 64.1 cm³/mol. The van der Waals surface area contributed by atoms with Crippen LogP contribution in [-0.4, -0.2) is 44.2 Å². The van der Waals surface area contributed by atoms with Crippen molar-refractivity contribution in [3.8, 4) is 0 Å². The van der Waals surface area contributed by atoms with Crippen LogP contribution in [0.5, 0.6) is 0 Å². The molecule has 1 rings (SSSR count). The zero-order chi connectivity index (χ0) is 11.8. The Morgan fingerprint density at radius 1 is 1.50 bits per heavy atom. The smallest absolute Gasteiger partial charge is 0.222 e. The molecule has 1 fully saturated rings. The molecule has 0 aromatic rings. The number of carbonyl (C=O) groups is 1. The monoisotopic (exact) mass is 228 g/mol. The van der Waals surface area contributed by atoms with Crippen LogP contribution in [0.1, 0.15) is 32.1 Å². The van der Waals surface area contributed by atoms with Crippen molar-refractivity contribution in [2.24, 2.45) is 11.7 Å². The standard InChI is InChI=1S/C12H24N2O2/c1-16-10-11-5-4-8-14(9-11)12(15)6-2-3-7-13/h11H,2-10,13H2,1H3. The van der Waals surface area contributed by atoms with Gasteiger partial charge in [-0.05, 0) is 38.1 Å². The van der Waals surface area contributed by atoms with Gasteiger partial charge >= 0.3 is 0 Å². The molecular weight excluding hydrogens is 204 g/mol. The van der Waals surface area contributed by atoms with E-state index >= 15 is 0 Å². The van der Waals surface area contributed by atoms with Gasteiger partial charge in [0.15, 0.2) is 0 Å². The molecule has 94 valence electrons. The van der Waals surface area contributed by atoms with Gasteiger partial charge in [0, 0.05) is 26.6 Å². The van der Waals surface area contributed by atoms with Gasteiger partial charge in [0.2, 0.25) is 5.91 Å². The fourth-order valence-electron chi connectivity index (χ4n) is 2.24. The fourth-order valence-corrected chi connectivity index (χ4v) is 2.24. The summed E-state index contributed by atoms with van der Waals surface area (Å²) >= 11 is 0. The van der Waals surface area contributed by atoms with Crippen molar-refractivity contribution in [1.82, 2.24) is 4.90 Å². The van der Waals surface area contributed by atoms with Gasteiger partial charge in [0.05, 0.1) is 6.61 Å². The van der Waals surface area contributed by atoms with Crippen LogP contribution in [0.25, 0.3) is 0 Å². The van der Waals surface area contributed by atoms with Crippen LogP contribution in [0, 0.1) is 5.92 Å². The van der Waals surface area contributed by atoms with Gasteiger partial charge in [-0.25, -0.2) is 0 Å². The van der Waals surface area contributed by atoms with Crippen molar-refractivity contribution >= 4 is 5.91 Å². The van der Waals surface area contributed by atoms with Gasteiger partial charge < -0.3 is 15.4 Å². The van der Waals surface area contributed by atoms with Gasteiger partial charge in [-0.2, -0.15) is 0 Å². The van der Waals surface area contributed by atoms with E-state index in [1.807, 2.05) is 4.90 Å². The third kappa shape index (κ3) is 4.49. The highest BCUT2D eigenvalue weighted by Gasteiger charge is 2.22. The molecule has 1 saturated heterocycles. The summed E-state index contributed by atoms with van der Waals surface area (Å²) in [5.41, 5.74) is 5.41. The van der Waals surface area contributed by atoms with Crippen LogP contribution in [-0.2, 0) is 9.53 Å². The second kappa shape index (κ2) is 7.63. The second-order valence-corrected chi connectivity index (χ2v) is 4.55. The molecule has 0 radical (unpaired) electrons. The van der Waals surface area contributed by atoms with Gasteiger partial charge in [-0.1, -0.05) is 0 Å². The number of piperidine rings is 1. The van der Waals surface area contributed by atoms with E-state index in [9.17, 15) is 4.79 Å². The Kier molecular flexibility index (Phi) is 6.42. The SMILES string of the molecule is COCC1CCCN(C(=O)CCCCN)C1. The molecule has 1 heterocycles. The minimum Gasteiger partial charge on any atom is -0.384 e. The van der Waals surface area contributed by atoms with Gasteiger partial charge in [-0.15, -0.1) is 0 Å². The minimum atomic E-state index is 0.286. The quantitative estimate of drug-likeness (QED) is 0.690. The Morgan fingerprint density at radius 2 is 2.31 bits per heavy atom. The summed E-state index contributed by atoms with van der Waals surface area (Å²) in [6, 6.07) is 0. The van der Waals surface area contributed by atoms with Crippen LogP contribution in [0.2, 0.25) is 0 Å². The molecule has 16 heavy (non-hydrogen) atoms. The topological polar surface area (TPSA) is 55.6 Å². The molecule has 1 aliphatic heterocycles. The van der Waals surface area contributed by atoms with Gasteiger partial charge in [-0.3, -0.25) is 4.79 Å². The number of hydrogen-bond acceptors (Lipinski definition) is 3. The number of carbonyl (C=O) groups excluding carboxylic acids is 1. The van der Waals surface area contributed by atoms with E-state index in [2.05, 4.69) is 0 Å². The first-order valence-corrected chi connectivity index (χ1v) is 6.24. The maximum atomic E-state index is 11.9. The fraction of sp³-hybridized carbons (Fsp3) is 0.917. The third-order valence-corrected chi connectivity index (χ3v) is 3.12. The number of nitrogens with two attached hydrogens (primary N) is 1. The molecule has 1 unspecified atom stereocenters. The predicted octanol–water partition coefficient (Wildman–Crippen LogP) is 1.00. The molecule has 0 aromatic carbocycles. The minimum absolute atomic E-state index is 0.286. The van der Waals surface area contributed by atoms with Crippen LogP contribution in [0.3, 0.4) is 0 Å². The normalized spacial score (nSPS) is 21.1. The zero-order valence-corrected chi connectivity index (χ0v) is 10.3. The van der Waals surface area contributed by atoms with E-state index in [0.29, 0.717) is 18.9 Å². The summed E-state index contributed by atoms with van der Waals surface area (Å²) in [4.78, 5) is 13.9. The van der Waals surface area contributed by atoms with Crippen LogP contribution in [0.4, 0.5) is 0 Å². The molecule has 2 N–H and O–H groups in total. The van der Waals surface area contributed by atoms with E-state index in [-0.39, 0.29) is 5.91 Å². The summed E-state index contributed by atoms with van der Waals surface area (Å²) in [6.45, 7) is 3.24. The van der Waals surface area contributed by atoms with Crippen molar-refractivity contribution in [3.63, 3.8) is 0 Å². The first kappa shape index (κ1) is 13.5. The molecule has 1 amide bonds. The summed E-state index contributed by atoms with van der Waals surface area (Å²) in [6.07, 6.45) is 4.80. The van der Waals surface area contributed by atoms with Crippen molar-refractivity contribution in [2.75, 3.05) is 33.4 Å². The number of rotatable bonds is 6. The lowest BCUT2D eigenvalue weighted by molar-refractivity contribution is -0.133. The van der Waals surface area contributed by atoms with Crippen molar-refractivity contribution in [1.29, 1.82) is 0 Å². The lowest BCUT2D eigenvalue weighted by atomic mass is 9.98. The zero-order valence-electron chi connectivity index (χ0n) is 10.3. The lowest BCUT2D eigenvalue weighted by Gasteiger charge is -2.32. The second-order valence-electron chi connectivity index (χ2n) is 4.55. The summed E-state index contributed by atoms with van der Waals surface area (Å²) in [5.74, 6) is 0.812. The van der Waals surface area contributed by atoms with E-state index in [1.54, 1.807) is 7.11 Å². The molecular formula is C12H24N2O2. The van der Waals surface area contributed by atoms with Crippen molar-refractivity contribution < 1.29 is 9.53 Å². The number of hydrogen-bond donors (Lipinski definition) is 1. The van der Waals surface area contributed by atoms with Crippen LogP contribution >= 0.6 is 0 Å². The molecule has 1 aliphatic rings. The molecule has 0 aromatic heterocycles. The molecule has 1 atom stereocenters. The summed E-state index contributed by atoms with van der Waals surface area (Å²) in [7, 11) is 1.72. The number of methoxy groups -OCH3 is 1. The Hall–Kier alpha value is -0.610. The van der Waals surface area contributed by atoms with Crippen LogP contribution in [0.15, 0.2) is 0 Å². The first-order chi connectivity index (χ1) is 7.77. The summed E-state index contributed by atoms with van der Waals surface area (Å²) < 4.78 is 5.15. The number of ether oxygens (including phenoxy) is 1. The number of amides is 1.